The van der Waals surface area contributed by atoms with Crippen LogP contribution in [0.4, 0.5) is 11.4 Å². The standard InChI is InChI=1S/C12H11N.H2O4S/c1-3-7-11(8-4-1)13-12-9-5-2-6-10-12;1-5(2,3)4/h1-10,13H;(H2,1,2,3,4)/p-1. The van der Waals surface area contributed by atoms with E-state index in [0.717, 1.165) is 0 Å². The number of benzene rings is 2. The first-order valence-electron chi connectivity index (χ1n) is 5.07. The average molecular weight is 266 g/mol. The Balaban J connectivity index is 0.000000280. The zero-order valence-electron chi connectivity index (χ0n) is 9.39. The number of hydrogen-bond donors (Lipinski definition) is 1. The van der Waals surface area contributed by atoms with Gasteiger partial charge in [-0.2, -0.15) is 0 Å². The molecule has 0 radical (unpaired) electrons. The van der Waals surface area contributed by atoms with E-state index in [2.05, 4.69) is 53.8 Å². The predicted octanol–water partition coefficient (Wildman–Crippen LogP) is 0.875. The highest BCUT2D eigenvalue weighted by molar-refractivity contribution is 7.79. The summed E-state index contributed by atoms with van der Waals surface area (Å²) < 4.78 is 34.1. The lowest BCUT2D eigenvalue weighted by Crippen LogP contribution is -2.70. The van der Waals surface area contributed by atoms with Crippen molar-refractivity contribution in [2.75, 3.05) is 0 Å². The lowest BCUT2D eigenvalue weighted by Gasteiger charge is -2.06. The molecule has 0 amide bonds. The molecule has 0 aromatic heterocycles. The smallest absolute Gasteiger partial charge is 0.134 e. The molecular formula is C12H12NO4S-. The van der Waals surface area contributed by atoms with Crippen LogP contribution in [0.1, 0.15) is 0 Å². The minimum absolute atomic E-state index is 1.24. The van der Waals surface area contributed by atoms with E-state index in [1.165, 1.54) is 11.4 Å². The normalized spacial score (nSPS) is 10.3. The number of nitrogens with two attached hydrogens (primary N) is 1. The van der Waals surface area contributed by atoms with Crippen LogP contribution in [0.2, 0.25) is 0 Å². The van der Waals surface area contributed by atoms with Gasteiger partial charge in [-0.3, -0.25) is 13.7 Å². The average Bonchev–Trinajstić information content (AvgIpc) is 2.29. The fourth-order valence-electron chi connectivity index (χ4n) is 1.29. The molecule has 2 rings (SSSR count). The Morgan fingerprint density at radius 2 is 1.00 bits per heavy atom. The molecule has 0 atom stereocenters. The molecule has 18 heavy (non-hydrogen) atoms. The maximum Gasteiger partial charge on any atom is 0.134 e. The number of quaternary nitrogens is 1. The predicted molar refractivity (Wildman–Crippen MR) is 64.6 cm³/mol. The van der Waals surface area contributed by atoms with E-state index in [-0.39, 0.29) is 0 Å². The summed E-state index contributed by atoms with van der Waals surface area (Å²) in [6, 6.07) is 20.7. The Kier molecular flexibility index (Phi) is 5.47. The van der Waals surface area contributed by atoms with Crippen LogP contribution in [-0.2, 0) is 10.4 Å². The lowest BCUT2D eigenvalue weighted by atomic mass is 10.3. The molecule has 0 heterocycles. The van der Waals surface area contributed by atoms with E-state index in [4.69, 9.17) is 17.5 Å². The summed E-state index contributed by atoms with van der Waals surface area (Å²) in [4.78, 5) is 0. The maximum absolute atomic E-state index is 8.52. The van der Waals surface area contributed by atoms with Crippen molar-refractivity contribution in [2.24, 2.45) is 0 Å². The van der Waals surface area contributed by atoms with Crippen LogP contribution in [-0.4, -0.2) is 17.5 Å². The molecule has 0 saturated heterocycles. The summed E-state index contributed by atoms with van der Waals surface area (Å²) in [5, 5.41) is 2.17. The minimum Gasteiger partial charge on any atom is -0.759 e. The van der Waals surface area contributed by atoms with Gasteiger partial charge in [0.15, 0.2) is 0 Å². The molecule has 2 aromatic carbocycles. The molecule has 0 aliphatic heterocycles. The van der Waals surface area contributed by atoms with Crippen molar-refractivity contribution < 1.29 is 22.8 Å². The summed E-state index contributed by atoms with van der Waals surface area (Å²) in [5.41, 5.74) is 2.49. The lowest BCUT2D eigenvalue weighted by molar-refractivity contribution is -0.478. The van der Waals surface area contributed by atoms with Gasteiger partial charge in [-0.15, -0.1) is 0 Å². The van der Waals surface area contributed by atoms with Crippen molar-refractivity contribution in [1.29, 1.82) is 0 Å². The number of para-hydroxylation sites is 2. The van der Waals surface area contributed by atoms with E-state index >= 15 is 0 Å². The Bertz CT molecular complexity index is 510. The van der Waals surface area contributed by atoms with Gasteiger partial charge in [-0.1, -0.05) is 36.4 Å². The van der Waals surface area contributed by atoms with Crippen LogP contribution >= 0.6 is 0 Å². The van der Waals surface area contributed by atoms with Crippen LogP contribution < -0.4 is 5.32 Å². The van der Waals surface area contributed by atoms with Crippen molar-refractivity contribution in [3.63, 3.8) is 0 Å². The van der Waals surface area contributed by atoms with E-state index in [1.807, 2.05) is 12.1 Å². The summed E-state index contributed by atoms with van der Waals surface area (Å²) in [6.07, 6.45) is 0. The van der Waals surface area contributed by atoms with E-state index in [1.54, 1.807) is 0 Å². The molecule has 0 aliphatic carbocycles. The molecule has 96 valence electrons. The molecule has 6 heteroatoms. The van der Waals surface area contributed by atoms with Gasteiger partial charge in [-0.05, 0) is 24.3 Å². The molecule has 5 nitrogen and oxygen atoms in total. The Morgan fingerprint density at radius 1 is 0.722 bits per heavy atom. The van der Waals surface area contributed by atoms with Crippen LogP contribution in [0.15, 0.2) is 60.7 Å². The monoisotopic (exact) mass is 266 g/mol. The van der Waals surface area contributed by atoms with E-state index < -0.39 is 10.4 Å². The van der Waals surface area contributed by atoms with Gasteiger partial charge < -0.3 is 9.11 Å². The van der Waals surface area contributed by atoms with Gasteiger partial charge in [0.2, 0.25) is 0 Å². The van der Waals surface area contributed by atoms with E-state index in [0.29, 0.717) is 0 Å². The number of rotatable bonds is 2. The van der Waals surface area contributed by atoms with Gasteiger partial charge in [0, 0.05) is 10.4 Å². The summed E-state index contributed by atoms with van der Waals surface area (Å²) >= 11 is 0. The fraction of sp³-hybridized carbons (Fsp3) is 0. The van der Waals surface area contributed by atoms with Crippen molar-refractivity contribution in [3.8, 4) is 0 Å². The third-order valence-electron chi connectivity index (χ3n) is 1.93. The van der Waals surface area contributed by atoms with Crippen LogP contribution in [0, 0.1) is 0 Å². The highest BCUT2D eigenvalue weighted by Crippen LogP contribution is 2.02. The quantitative estimate of drug-likeness (QED) is 0.495. The fourth-order valence-corrected chi connectivity index (χ4v) is 1.29. The van der Waals surface area contributed by atoms with Gasteiger partial charge >= 0.3 is 0 Å². The summed E-state index contributed by atoms with van der Waals surface area (Å²) in [5.74, 6) is 0. The third-order valence-corrected chi connectivity index (χ3v) is 1.93. The summed E-state index contributed by atoms with van der Waals surface area (Å²) in [7, 11) is -5.17. The van der Waals surface area contributed by atoms with Gasteiger partial charge in [0.05, 0.1) is 0 Å². The highest BCUT2D eigenvalue weighted by Gasteiger charge is 1.96. The minimum atomic E-state index is -5.17. The zero-order chi connectivity index (χ0) is 13.4. The van der Waals surface area contributed by atoms with Gasteiger partial charge in [-0.25, -0.2) is 0 Å². The van der Waals surface area contributed by atoms with Crippen LogP contribution in [0.25, 0.3) is 0 Å². The zero-order valence-corrected chi connectivity index (χ0v) is 10.2. The molecule has 0 unspecified atom stereocenters. The molecule has 0 aliphatic rings. The van der Waals surface area contributed by atoms with Gasteiger partial charge in [0.25, 0.3) is 0 Å². The SMILES string of the molecule is O=S(=O)([O-])[O-].c1ccc([NH2+]c2ccccc2)cc1. The van der Waals surface area contributed by atoms with Crippen LogP contribution in [0.5, 0.6) is 0 Å². The van der Waals surface area contributed by atoms with Crippen LogP contribution in [0.3, 0.4) is 0 Å². The first-order valence-corrected chi connectivity index (χ1v) is 6.40. The molecule has 0 bridgehead atoms. The first-order chi connectivity index (χ1) is 8.45. The number of hydrogen-bond acceptors (Lipinski definition) is 4. The molecular weight excluding hydrogens is 254 g/mol. The second-order valence-corrected chi connectivity index (χ2v) is 4.19. The van der Waals surface area contributed by atoms with Crippen molar-refractivity contribution in [1.82, 2.24) is 0 Å². The Morgan fingerprint density at radius 3 is 1.28 bits per heavy atom. The van der Waals surface area contributed by atoms with Crippen molar-refractivity contribution >= 4 is 21.8 Å². The summed E-state index contributed by atoms with van der Waals surface area (Å²) in [6.45, 7) is 0. The topological polar surface area (TPSA) is 96.9 Å². The van der Waals surface area contributed by atoms with Crippen molar-refractivity contribution in [2.45, 2.75) is 0 Å². The second-order valence-electron chi connectivity index (χ2n) is 3.37. The molecule has 2 aromatic rings. The highest BCUT2D eigenvalue weighted by atomic mass is 32.3. The van der Waals surface area contributed by atoms with Crippen molar-refractivity contribution in [3.05, 3.63) is 60.7 Å². The van der Waals surface area contributed by atoms with Gasteiger partial charge in [0.1, 0.15) is 11.4 Å². The Hall–Kier alpha value is -1.73. The third kappa shape index (κ3) is 7.53. The second kappa shape index (κ2) is 6.87. The molecule has 2 N–H and O–H groups in total. The largest absolute Gasteiger partial charge is 0.759 e. The molecule has 0 saturated carbocycles. The maximum atomic E-state index is 8.52. The molecule has 0 fully saturated rings. The Labute approximate surface area is 106 Å². The molecule has 0 spiro atoms. The van der Waals surface area contributed by atoms with E-state index in [9.17, 15) is 0 Å². The first kappa shape index (κ1) is 14.3.